The second-order valence-corrected chi connectivity index (χ2v) is 12.2. The monoisotopic (exact) mass is 682 g/mol. The maximum Gasteiger partial charge on any atom is 0.416 e. The number of halogens is 7. The maximum atomic E-state index is 15.0. The van der Waals surface area contributed by atoms with Crippen LogP contribution in [0.25, 0.3) is 16.0 Å². The van der Waals surface area contributed by atoms with E-state index in [9.17, 15) is 35.5 Å². The van der Waals surface area contributed by atoms with Crippen LogP contribution in [-0.2, 0) is 23.6 Å². The number of methoxy groups -OCH3 is 1. The predicted octanol–water partition coefficient (Wildman–Crippen LogP) is 10.7. The first kappa shape index (κ1) is 35.7. The van der Waals surface area contributed by atoms with Crippen molar-refractivity contribution in [2.75, 3.05) is 7.11 Å². The molecule has 0 radical (unpaired) electrons. The average Bonchev–Trinajstić information content (AvgIpc) is 3.54. The number of hydrogen-bond acceptors (Lipinski definition) is 5. The van der Waals surface area contributed by atoms with Crippen LogP contribution in [0.15, 0.2) is 61.2 Å². The molecule has 0 aliphatic carbocycles. The van der Waals surface area contributed by atoms with Gasteiger partial charge in [-0.15, -0.1) is 11.3 Å². The number of amides is 1. The number of carbonyl (C=O) groups excluding carboxylic acids is 1. The number of ether oxygens (including phenoxy) is 2. The fourth-order valence-corrected chi connectivity index (χ4v) is 6.29. The van der Waals surface area contributed by atoms with Gasteiger partial charge in [0, 0.05) is 17.2 Å². The van der Waals surface area contributed by atoms with Crippen LogP contribution in [0.2, 0.25) is 0 Å². The zero-order valence-corrected chi connectivity index (χ0v) is 27.0. The van der Waals surface area contributed by atoms with Gasteiger partial charge in [-0.1, -0.05) is 51.7 Å². The lowest BCUT2D eigenvalue weighted by Gasteiger charge is -2.22. The van der Waals surface area contributed by atoms with Crippen LogP contribution in [0, 0.1) is 5.82 Å². The van der Waals surface area contributed by atoms with Crippen LogP contribution >= 0.6 is 11.3 Å². The second kappa shape index (κ2) is 13.9. The average molecular weight is 683 g/mol. The summed E-state index contributed by atoms with van der Waals surface area (Å²) in [4.78, 5) is 19.7. The molecular formula is C34H33F7N2O3S. The SMILES string of the molecule is C=C/C=C(\C=C/CC)c1nc(CN2C(=O)OC(c3cc(C(F)(F)F)cc(C(F)(F)F)c3)C2C)c(-c2cc(C(C)C)c(F)cc2OC)s1. The van der Waals surface area contributed by atoms with E-state index in [4.69, 9.17) is 14.5 Å². The van der Waals surface area contributed by atoms with Gasteiger partial charge in [0.2, 0.25) is 0 Å². The fraction of sp³-hybridized carbons (Fsp3) is 0.353. The van der Waals surface area contributed by atoms with E-state index in [-0.39, 0.29) is 24.3 Å². The van der Waals surface area contributed by atoms with E-state index < -0.39 is 53.1 Å². The molecule has 0 saturated carbocycles. The minimum absolute atomic E-state index is 0.0225. The van der Waals surface area contributed by atoms with E-state index in [1.807, 2.05) is 32.9 Å². The Kier molecular flexibility index (Phi) is 10.6. The normalized spacial score (nSPS) is 17.6. The Morgan fingerprint density at radius 3 is 2.28 bits per heavy atom. The molecule has 0 spiro atoms. The third-order valence-electron chi connectivity index (χ3n) is 7.61. The van der Waals surface area contributed by atoms with E-state index in [2.05, 4.69) is 6.58 Å². The van der Waals surface area contributed by atoms with Crippen LogP contribution in [0.1, 0.15) is 79.1 Å². The first-order valence-corrected chi connectivity index (χ1v) is 15.4. The molecule has 252 valence electrons. The Bertz CT molecular complexity index is 1670. The van der Waals surface area contributed by atoms with Gasteiger partial charge in [-0.25, -0.2) is 14.2 Å². The molecule has 4 rings (SSSR count). The van der Waals surface area contributed by atoms with Gasteiger partial charge in [0.05, 0.1) is 41.4 Å². The number of hydrogen-bond donors (Lipinski definition) is 0. The van der Waals surface area contributed by atoms with Crippen molar-refractivity contribution in [2.45, 2.75) is 71.1 Å². The largest absolute Gasteiger partial charge is 0.496 e. The zero-order chi connectivity index (χ0) is 34.8. The summed E-state index contributed by atoms with van der Waals surface area (Å²) < 4.78 is 107. The molecule has 0 N–H and O–H groups in total. The number of allylic oxidation sites excluding steroid dienone is 5. The lowest BCUT2D eigenvalue weighted by atomic mass is 9.97. The van der Waals surface area contributed by atoms with Gasteiger partial charge in [0.1, 0.15) is 22.7 Å². The summed E-state index contributed by atoms with van der Waals surface area (Å²) in [5.41, 5.74) is -1.52. The van der Waals surface area contributed by atoms with Crippen LogP contribution < -0.4 is 4.74 Å². The van der Waals surface area contributed by atoms with Crippen molar-refractivity contribution in [1.29, 1.82) is 0 Å². The number of nitrogens with zero attached hydrogens (tertiary/aromatic N) is 2. The first-order chi connectivity index (χ1) is 22.0. The number of aromatic nitrogens is 1. The third-order valence-corrected chi connectivity index (χ3v) is 8.79. The molecule has 1 fully saturated rings. The molecule has 1 aromatic heterocycles. The van der Waals surface area contributed by atoms with Gasteiger partial charge in [0.25, 0.3) is 0 Å². The minimum atomic E-state index is -5.07. The van der Waals surface area contributed by atoms with E-state index >= 15 is 0 Å². The number of benzene rings is 2. The Morgan fingerprint density at radius 2 is 1.74 bits per heavy atom. The Hall–Kier alpha value is -4.13. The molecule has 2 heterocycles. The van der Waals surface area contributed by atoms with Crippen molar-refractivity contribution in [1.82, 2.24) is 9.88 Å². The van der Waals surface area contributed by atoms with E-state index in [0.29, 0.717) is 44.4 Å². The standard InChI is InChI=1S/C34H33F7N2O3S/c1-7-9-11-20(10-8-2)31-42-27(30(47-31)25-15-24(18(3)4)26(35)16-28(25)45-6)17-43-19(5)29(46-32(43)44)21-12-22(33(36,37)38)14-23(13-21)34(39,40)41/h8-16,18-19,29H,2,7,17H2,1,3-6H3/b11-9-,20-10+. The molecule has 2 unspecified atom stereocenters. The highest BCUT2D eigenvalue weighted by molar-refractivity contribution is 7.16. The molecule has 47 heavy (non-hydrogen) atoms. The molecular weight excluding hydrogens is 649 g/mol. The summed E-state index contributed by atoms with van der Waals surface area (Å²) >= 11 is 1.25. The van der Waals surface area contributed by atoms with Gasteiger partial charge >= 0.3 is 18.4 Å². The van der Waals surface area contributed by atoms with E-state index in [0.717, 1.165) is 6.42 Å². The number of carbonyl (C=O) groups is 1. The van der Waals surface area contributed by atoms with Crippen molar-refractivity contribution in [2.24, 2.45) is 0 Å². The third kappa shape index (κ3) is 7.72. The van der Waals surface area contributed by atoms with Crippen molar-refractivity contribution < 1.29 is 45.0 Å². The molecule has 2 aromatic carbocycles. The summed E-state index contributed by atoms with van der Waals surface area (Å²) in [5, 5.41) is 0.529. The Labute approximate surface area is 272 Å². The highest BCUT2D eigenvalue weighted by Gasteiger charge is 2.44. The van der Waals surface area contributed by atoms with Gasteiger partial charge < -0.3 is 9.47 Å². The number of thiazole rings is 1. The minimum Gasteiger partial charge on any atom is -0.496 e. The molecule has 13 heteroatoms. The van der Waals surface area contributed by atoms with Crippen LogP contribution in [-0.4, -0.2) is 29.1 Å². The van der Waals surface area contributed by atoms with Crippen LogP contribution in [0.4, 0.5) is 35.5 Å². The molecule has 1 aliphatic heterocycles. The summed E-state index contributed by atoms with van der Waals surface area (Å²) in [6.07, 6.45) is -4.70. The second-order valence-electron chi connectivity index (χ2n) is 11.2. The van der Waals surface area contributed by atoms with Gasteiger partial charge in [-0.3, -0.25) is 4.90 Å². The molecule has 2 atom stereocenters. The van der Waals surface area contributed by atoms with Crippen molar-refractivity contribution >= 4 is 23.0 Å². The molecule has 0 bridgehead atoms. The summed E-state index contributed by atoms with van der Waals surface area (Å²) in [6.45, 7) is 10.6. The van der Waals surface area contributed by atoms with Crippen LogP contribution in [0.3, 0.4) is 0 Å². The number of cyclic esters (lactones) is 1. The summed E-state index contributed by atoms with van der Waals surface area (Å²) in [6, 6.07) is 3.06. The summed E-state index contributed by atoms with van der Waals surface area (Å²) in [5.74, 6) is -0.452. The molecule has 3 aromatic rings. The molecule has 1 amide bonds. The van der Waals surface area contributed by atoms with Crippen molar-refractivity contribution in [3.05, 3.63) is 100.0 Å². The first-order valence-electron chi connectivity index (χ1n) is 14.6. The number of alkyl halides is 6. The fourth-order valence-electron chi connectivity index (χ4n) is 5.19. The molecule has 1 saturated heterocycles. The zero-order valence-electron chi connectivity index (χ0n) is 26.2. The van der Waals surface area contributed by atoms with Crippen molar-refractivity contribution in [3.63, 3.8) is 0 Å². The summed E-state index contributed by atoms with van der Waals surface area (Å²) in [7, 11) is 1.39. The van der Waals surface area contributed by atoms with Gasteiger partial charge in [-0.05, 0) is 54.7 Å². The van der Waals surface area contributed by atoms with Gasteiger partial charge in [0.15, 0.2) is 0 Å². The Balaban J connectivity index is 1.84. The topological polar surface area (TPSA) is 51.7 Å². The smallest absolute Gasteiger partial charge is 0.416 e. The highest BCUT2D eigenvalue weighted by Crippen LogP contribution is 2.44. The Morgan fingerprint density at radius 1 is 1.11 bits per heavy atom. The molecule has 5 nitrogen and oxygen atoms in total. The lowest BCUT2D eigenvalue weighted by Crippen LogP contribution is -2.31. The van der Waals surface area contributed by atoms with Crippen molar-refractivity contribution in [3.8, 4) is 16.2 Å². The maximum absolute atomic E-state index is 15.0. The van der Waals surface area contributed by atoms with E-state index in [1.54, 1.807) is 18.2 Å². The lowest BCUT2D eigenvalue weighted by molar-refractivity contribution is -0.143. The van der Waals surface area contributed by atoms with E-state index in [1.165, 1.54) is 36.3 Å². The van der Waals surface area contributed by atoms with Gasteiger partial charge in [-0.2, -0.15) is 26.3 Å². The number of rotatable bonds is 10. The molecule has 1 aliphatic rings. The highest BCUT2D eigenvalue weighted by atomic mass is 32.1. The predicted molar refractivity (Wildman–Crippen MR) is 166 cm³/mol. The van der Waals surface area contributed by atoms with Crippen LogP contribution in [0.5, 0.6) is 5.75 Å². The quantitative estimate of drug-likeness (QED) is 0.158.